The lowest BCUT2D eigenvalue weighted by Gasteiger charge is -2.36. The molecule has 0 atom stereocenters. The van der Waals surface area contributed by atoms with E-state index in [9.17, 15) is 14.0 Å². The lowest BCUT2D eigenvalue weighted by molar-refractivity contribution is 0.0732. The molecule has 1 aliphatic heterocycles. The molecule has 8 nitrogen and oxygen atoms in total. The third kappa shape index (κ3) is 6.82. The fraction of sp³-hybridized carbons (Fsp3) is 0.344. The van der Waals surface area contributed by atoms with Crippen LogP contribution in [0.4, 0.5) is 10.1 Å². The van der Waals surface area contributed by atoms with E-state index in [1.54, 1.807) is 4.90 Å². The van der Waals surface area contributed by atoms with E-state index < -0.39 is 0 Å². The molecule has 2 amide bonds. The van der Waals surface area contributed by atoms with E-state index in [1.807, 2.05) is 60.7 Å². The van der Waals surface area contributed by atoms with Gasteiger partial charge in [-0.05, 0) is 61.9 Å². The number of thiazole rings is 1. The van der Waals surface area contributed by atoms with Crippen molar-refractivity contribution in [3.05, 3.63) is 100 Å². The van der Waals surface area contributed by atoms with Gasteiger partial charge in [0.15, 0.2) is 0 Å². The zero-order valence-corrected chi connectivity index (χ0v) is 24.9. The fourth-order valence-electron chi connectivity index (χ4n) is 5.18. The van der Waals surface area contributed by atoms with Crippen molar-refractivity contribution in [1.29, 1.82) is 0 Å². The zero-order chi connectivity index (χ0) is 29.5. The smallest absolute Gasteiger partial charge is 0.273 e. The van der Waals surface area contributed by atoms with Crippen LogP contribution < -0.4 is 9.64 Å². The highest BCUT2D eigenvalue weighted by Gasteiger charge is 2.25. The van der Waals surface area contributed by atoms with Crippen LogP contribution in [-0.2, 0) is 13.1 Å². The van der Waals surface area contributed by atoms with Crippen LogP contribution in [0.25, 0.3) is 0 Å². The van der Waals surface area contributed by atoms with Gasteiger partial charge in [-0.15, -0.1) is 11.3 Å². The van der Waals surface area contributed by atoms with Gasteiger partial charge in [0.2, 0.25) is 0 Å². The minimum absolute atomic E-state index is 0.0537. The summed E-state index contributed by atoms with van der Waals surface area (Å²) in [6, 6.07) is 17.6. The molecule has 42 heavy (non-hydrogen) atoms. The van der Waals surface area contributed by atoms with E-state index in [0.29, 0.717) is 50.6 Å². The summed E-state index contributed by atoms with van der Waals surface area (Å²) >= 11 is 1.46. The summed E-state index contributed by atoms with van der Waals surface area (Å²) in [6.07, 6.45) is 2.77. The normalized spacial score (nSPS) is 13.3. The van der Waals surface area contributed by atoms with Gasteiger partial charge in [-0.2, -0.15) is 0 Å². The van der Waals surface area contributed by atoms with Crippen LogP contribution >= 0.6 is 11.3 Å². The van der Waals surface area contributed by atoms with Crippen LogP contribution in [0.1, 0.15) is 51.8 Å². The summed E-state index contributed by atoms with van der Waals surface area (Å²) in [4.78, 5) is 37.0. The molecule has 0 saturated carbocycles. The van der Waals surface area contributed by atoms with E-state index in [4.69, 9.17) is 4.74 Å². The van der Waals surface area contributed by atoms with Gasteiger partial charge in [-0.1, -0.05) is 19.1 Å². The Kier molecular flexibility index (Phi) is 9.53. The van der Waals surface area contributed by atoms with Crippen molar-refractivity contribution in [3.8, 4) is 5.75 Å². The number of hydrogen-bond acceptors (Lipinski definition) is 6. The number of aromatic nitrogens is 2. The van der Waals surface area contributed by atoms with Crippen LogP contribution in [0.3, 0.4) is 0 Å². The Morgan fingerprint density at radius 2 is 1.76 bits per heavy atom. The van der Waals surface area contributed by atoms with E-state index in [1.165, 1.54) is 35.6 Å². The van der Waals surface area contributed by atoms with E-state index in [0.717, 1.165) is 41.6 Å². The molecule has 0 spiro atoms. The molecule has 1 aliphatic rings. The number of nitrogens with zero attached hydrogens (tertiary/aromatic N) is 5. The number of ether oxygens (including phenoxy) is 1. The van der Waals surface area contributed by atoms with Crippen molar-refractivity contribution in [2.24, 2.45) is 0 Å². The maximum Gasteiger partial charge on any atom is 0.273 e. The van der Waals surface area contributed by atoms with Gasteiger partial charge in [-0.3, -0.25) is 9.59 Å². The van der Waals surface area contributed by atoms with Gasteiger partial charge < -0.3 is 24.0 Å². The topological polar surface area (TPSA) is 70.9 Å². The maximum absolute atomic E-state index is 13.4. The average molecular weight is 590 g/mol. The molecule has 3 heterocycles. The molecule has 2 aromatic carbocycles. The highest BCUT2D eigenvalue weighted by molar-refractivity contribution is 7.09. The monoisotopic (exact) mass is 589 g/mol. The second-order valence-corrected chi connectivity index (χ2v) is 11.1. The first-order valence-electron chi connectivity index (χ1n) is 14.4. The number of halogens is 1. The van der Waals surface area contributed by atoms with Crippen molar-refractivity contribution in [1.82, 2.24) is 19.4 Å². The van der Waals surface area contributed by atoms with E-state index >= 15 is 0 Å². The fourth-order valence-corrected chi connectivity index (χ4v) is 5.94. The van der Waals surface area contributed by atoms with Crippen molar-refractivity contribution in [3.63, 3.8) is 0 Å². The van der Waals surface area contributed by atoms with Gasteiger partial charge >= 0.3 is 0 Å². The predicted octanol–water partition coefficient (Wildman–Crippen LogP) is 5.55. The number of para-hydroxylation sites is 2. The molecular weight excluding hydrogens is 553 g/mol. The molecule has 0 unspecified atom stereocenters. The number of carbonyl (C=O) groups excluding carboxylic acids is 2. The van der Waals surface area contributed by atoms with Crippen molar-refractivity contribution in [2.45, 2.75) is 33.4 Å². The minimum atomic E-state index is -0.366. The van der Waals surface area contributed by atoms with Crippen LogP contribution in [-0.4, -0.2) is 70.5 Å². The number of benzene rings is 2. The molecule has 4 aromatic rings. The molecule has 220 valence electrons. The minimum Gasteiger partial charge on any atom is -0.492 e. The Bertz CT molecular complexity index is 1490. The second-order valence-electron chi connectivity index (χ2n) is 10.2. The molecule has 0 N–H and O–H groups in total. The lowest BCUT2D eigenvalue weighted by Crippen LogP contribution is -2.49. The molecule has 5 rings (SSSR count). The number of anilines is 1. The first kappa shape index (κ1) is 29.3. The van der Waals surface area contributed by atoms with Gasteiger partial charge in [0.05, 0.1) is 25.4 Å². The summed E-state index contributed by atoms with van der Waals surface area (Å²) in [7, 11) is 0. The van der Waals surface area contributed by atoms with Crippen LogP contribution in [0.15, 0.2) is 72.2 Å². The van der Waals surface area contributed by atoms with Crippen molar-refractivity contribution in [2.75, 3.05) is 44.2 Å². The lowest BCUT2D eigenvalue weighted by atomic mass is 10.2. The summed E-state index contributed by atoms with van der Waals surface area (Å²) < 4.78 is 21.2. The van der Waals surface area contributed by atoms with Crippen LogP contribution in [0, 0.1) is 5.82 Å². The van der Waals surface area contributed by atoms with Crippen LogP contribution in [0.2, 0.25) is 0 Å². The van der Waals surface area contributed by atoms with Gasteiger partial charge in [0, 0.05) is 55.6 Å². The summed E-state index contributed by atoms with van der Waals surface area (Å²) in [5.41, 5.74) is 2.95. The first-order valence-corrected chi connectivity index (χ1v) is 15.2. The largest absolute Gasteiger partial charge is 0.492 e. The van der Waals surface area contributed by atoms with Gasteiger partial charge in [0.25, 0.3) is 11.8 Å². The zero-order valence-electron chi connectivity index (χ0n) is 24.0. The number of carbonyl (C=O) groups is 2. The second kappa shape index (κ2) is 13.7. The van der Waals surface area contributed by atoms with E-state index in [-0.39, 0.29) is 17.6 Å². The molecular formula is C32H36FN5O3S. The average Bonchev–Trinajstić information content (AvgIpc) is 3.67. The molecule has 10 heteroatoms. The van der Waals surface area contributed by atoms with Gasteiger partial charge in [-0.25, -0.2) is 9.37 Å². The number of rotatable bonds is 11. The predicted molar refractivity (Wildman–Crippen MR) is 163 cm³/mol. The van der Waals surface area contributed by atoms with Crippen molar-refractivity contribution < 1.29 is 18.7 Å². The molecule has 0 aliphatic carbocycles. The Labute approximate surface area is 250 Å². The molecule has 1 saturated heterocycles. The summed E-state index contributed by atoms with van der Waals surface area (Å²) in [6.45, 7) is 8.81. The highest BCUT2D eigenvalue weighted by Crippen LogP contribution is 2.29. The maximum atomic E-state index is 13.4. The standard InChI is InChI=1S/C32H36FN5O3S/c1-3-15-38(31(39)24-11-13-25(33)14-12-24)21-26-8-7-16-37(26)22-30-34-27(23-42-30)32(40)36-19-17-35(18-20-36)28-9-5-6-10-29(28)41-4-2/h5-14,16,23H,3-4,15,17-22H2,1-2H3. The third-order valence-electron chi connectivity index (χ3n) is 7.30. The number of piperazine rings is 1. The summed E-state index contributed by atoms with van der Waals surface area (Å²) in [5.74, 6) is 0.315. The molecule has 0 radical (unpaired) electrons. The molecule has 1 fully saturated rings. The molecule has 2 aromatic heterocycles. The first-order chi connectivity index (χ1) is 20.5. The van der Waals surface area contributed by atoms with Gasteiger partial charge in [0.1, 0.15) is 22.3 Å². The Morgan fingerprint density at radius 3 is 2.50 bits per heavy atom. The highest BCUT2D eigenvalue weighted by atomic mass is 32.1. The van der Waals surface area contributed by atoms with E-state index in [2.05, 4.69) is 20.5 Å². The Morgan fingerprint density at radius 1 is 1.00 bits per heavy atom. The molecule has 0 bridgehead atoms. The number of hydrogen-bond donors (Lipinski definition) is 0. The third-order valence-corrected chi connectivity index (χ3v) is 8.13. The quantitative estimate of drug-likeness (QED) is 0.230. The summed E-state index contributed by atoms with van der Waals surface area (Å²) in [5, 5.41) is 2.66. The van der Waals surface area contributed by atoms with Crippen LogP contribution in [0.5, 0.6) is 5.75 Å². The SMILES string of the molecule is CCCN(Cc1cccn1Cc1nc(C(=O)N2CCN(c3ccccc3OCC)CC2)cs1)C(=O)c1ccc(F)cc1. The number of amides is 2. The Hall–Kier alpha value is -4.18. The Balaban J connectivity index is 1.20. The van der Waals surface area contributed by atoms with Crippen molar-refractivity contribution >= 4 is 28.8 Å².